The summed E-state index contributed by atoms with van der Waals surface area (Å²) in [6.07, 6.45) is 2.12. The van der Waals surface area contributed by atoms with E-state index in [4.69, 9.17) is 27.7 Å². The Morgan fingerprint density at radius 1 is 1.00 bits per heavy atom. The van der Waals surface area contributed by atoms with Crippen molar-refractivity contribution in [3.05, 3.63) is 76.8 Å². The molecule has 0 aromatic heterocycles. The lowest BCUT2D eigenvalue weighted by molar-refractivity contribution is -0.122. The van der Waals surface area contributed by atoms with Gasteiger partial charge in [-0.2, -0.15) is 0 Å². The molecular formula is C27H36N6O5S. The molecule has 12 heteroatoms. The van der Waals surface area contributed by atoms with Gasteiger partial charge < -0.3 is 32.6 Å². The minimum absolute atomic E-state index is 0.0291. The number of amides is 1. The van der Waals surface area contributed by atoms with Crippen LogP contribution in [0.25, 0.3) is 0 Å². The first kappa shape index (κ1) is 29.8. The number of sulfone groups is 1. The number of nitrogens with two attached hydrogens (primary N) is 4. The predicted octanol–water partition coefficient (Wildman–Crippen LogP) is 0.542. The second-order valence-electron chi connectivity index (χ2n) is 9.26. The number of carbonyl (C=O) groups is 2. The van der Waals surface area contributed by atoms with Gasteiger partial charge in [-0.15, -0.1) is 0 Å². The highest BCUT2D eigenvalue weighted by atomic mass is 32.2. The van der Waals surface area contributed by atoms with Crippen molar-refractivity contribution in [3.8, 4) is 0 Å². The average Bonchev–Trinajstić information content (AvgIpc) is 2.95. The highest BCUT2D eigenvalue weighted by Crippen LogP contribution is 2.21. The number of morpholine rings is 1. The van der Waals surface area contributed by atoms with Crippen molar-refractivity contribution in [1.82, 2.24) is 4.90 Å². The van der Waals surface area contributed by atoms with Crippen LogP contribution in [0.2, 0.25) is 0 Å². The molecule has 3 rings (SSSR count). The maximum atomic E-state index is 13.4. The molecule has 1 aliphatic rings. The second-order valence-corrected chi connectivity index (χ2v) is 11.2. The van der Waals surface area contributed by atoms with Gasteiger partial charge in [-0.05, 0) is 55.2 Å². The molecule has 8 N–H and O–H groups in total. The number of nitrogens with zero attached hydrogens (tertiary/aromatic N) is 2. The van der Waals surface area contributed by atoms with E-state index in [1.54, 1.807) is 47.4 Å². The number of hydrogen-bond donors (Lipinski definition) is 4. The fraction of sp³-hybridized carbons (Fsp3) is 0.370. The molecule has 1 aliphatic heterocycles. The van der Waals surface area contributed by atoms with Crippen molar-refractivity contribution < 1.29 is 22.7 Å². The number of ether oxygens (including phenoxy) is 1. The Kier molecular flexibility index (Phi) is 10.6. The maximum Gasteiger partial charge on any atom is 0.254 e. The summed E-state index contributed by atoms with van der Waals surface area (Å²) in [7, 11) is -3.98. The Hall–Kier alpha value is -3.74. The molecule has 2 aromatic rings. The van der Waals surface area contributed by atoms with Gasteiger partial charge in [-0.3, -0.25) is 14.6 Å². The van der Waals surface area contributed by atoms with Crippen molar-refractivity contribution in [2.75, 3.05) is 32.8 Å². The molecule has 1 saturated heterocycles. The fourth-order valence-electron chi connectivity index (χ4n) is 4.21. The third-order valence-electron chi connectivity index (χ3n) is 6.38. The van der Waals surface area contributed by atoms with Gasteiger partial charge in [-0.1, -0.05) is 30.3 Å². The molecule has 39 heavy (non-hydrogen) atoms. The normalized spacial score (nSPS) is 15.8. The fourth-order valence-corrected chi connectivity index (χ4v) is 5.34. The number of allylic oxidation sites excluding steroid dienone is 1. The lowest BCUT2D eigenvalue weighted by Gasteiger charge is -2.27. The van der Waals surface area contributed by atoms with Crippen molar-refractivity contribution in [3.63, 3.8) is 0 Å². The Morgan fingerprint density at radius 2 is 1.64 bits per heavy atom. The summed E-state index contributed by atoms with van der Waals surface area (Å²) in [5.41, 5.74) is 24.4. The molecule has 0 radical (unpaired) electrons. The zero-order valence-electron chi connectivity index (χ0n) is 21.7. The number of hydrogen-bond acceptors (Lipinski definition) is 8. The van der Waals surface area contributed by atoms with Crippen LogP contribution in [0.1, 0.15) is 28.8 Å². The third-order valence-corrected chi connectivity index (χ3v) is 8.03. The number of guanidine groups is 1. The largest absolute Gasteiger partial charge is 0.389 e. The second kappa shape index (κ2) is 13.9. The minimum Gasteiger partial charge on any atom is -0.389 e. The average molecular weight is 557 g/mol. The third kappa shape index (κ3) is 8.37. The number of rotatable bonds is 12. The van der Waals surface area contributed by atoms with E-state index < -0.39 is 26.8 Å². The summed E-state index contributed by atoms with van der Waals surface area (Å²) >= 11 is 0. The molecule has 2 atom stereocenters. The Bertz CT molecular complexity index is 1290. The SMILES string of the molecule is NC(N)=NCCC[C@@H](/C=C(\N)S(=O)(=O)c1ccccc1)C(=O)[C@@H](N)Cc1ccc(C(=O)N2CCOCC2)cc1. The standard InChI is InChI=1S/C27H36N6O5S/c28-23(17-19-8-10-20(11-9-19)26(35)33-13-15-38-16-14-33)25(34)21(5-4-12-32-27(30)31)18-24(29)39(36,37)22-6-2-1-3-7-22/h1-3,6-11,18,21,23H,4-5,12-17,28-29H2,(H4,30,31,32)/b24-18+/t21-,23-/m0/s1. The van der Waals surface area contributed by atoms with Gasteiger partial charge in [0.05, 0.1) is 24.2 Å². The van der Waals surface area contributed by atoms with Crippen LogP contribution in [-0.2, 0) is 25.8 Å². The quantitative estimate of drug-likeness (QED) is 0.164. The first-order chi connectivity index (χ1) is 18.6. The molecule has 210 valence electrons. The Morgan fingerprint density at radius 3 is 2.26 bits per heavy atom. The molecule has 1 amide bonds. The highest BCUT2D eigenvalue weighted by Gasteiger charge is 2.26. The van der Waals surface area contributed by atoms with E-state index in [2.05, 4.69) is 4.99 Å². The lowest BCUT2D eigenvalue weighted by atomic mass is 9.90. The zero-order valence-corrected chi connectivity index (χ0v) is 22.6. The van der Waals surface area contributed by atoms with E-state index in [0.717, 1.165) is 5.56 Å². The van der Waals surface area contributed by atoms with Crippen LogP contribution >= 0.6 is 0 Å². The van der Waals surface area contributed by atoms with Crippen LogP contribution in [0.5, 0.6) is 0 Å². The summed E-state index contributed by atoms with van der Waals surface area (Å²) in [6.45, 7) is 2.38. The van der Waals surface area contributed by atoms with Crippen LogP contribution < -0.4 is 22.9 Å². The van der Waals surface area contributed by atoms with E-state index in [1.165, 1.54) is 18.2 Å². The molecule has 0 unspecified atom stereocenters. The van der Waals surface area contributed by atoms with Crippen LogP contribution in [0, 0.1) is 5.92 Å². The van der Waals surface area contributed by atoms with Crippen LogP contribution in [0.4, 0.5) is 0 Å². The molecule has 11 nitrogen and oxygen atoms in total. The van der Waals surface area contributed by atoms with Crippen molar-refractivity contribution in [1.29, 1.82) is 0 Å². The van der Waals surface area contributed by atoms with E-state index in [0.29, 0.717) is 38.3 Å². The maximum absolute atomic E-state index is 13.4. The topological polar surface area (TPSA) is 197 Å². The summed E-state index contributed by atoms with van der Waals surface area (Å²) < 4.78 is 31.2. The summed E-state index contributed by atoms with van der Waals surface area (Å²) in [5, 5.41) is -0.424. The van der Waals surface area contributed by atoms with Crippen LogP contribution in [0.15, 0.2) is 75.6 Å². The van der Waals surface area contributed by atoms with Crippen molar-refractivity contribution in [2.24, 2.45) is 33.8 Å². The van der Waals surface area contributed by atoms with E-state index in [1.807, 2.05) is 0 Å². The minimum atomic E-state index is -3.98. The molecule has 1 fully saturated rings. The van der Waals surface area contributed by atoms with E-state index in [9.17, 15) is 18.0 Å². The number of carbonyl (C=O) groups excluding carboxylic acids is 2. The number of benzene rings is 2. The number of ketones is 1. The van der Waals surface area contributed by atoms with Crippen LogP contribution in [0.3, 0.4) is 0 Å². The van der Waals surface area contributed by atoms with Gasteiger partial charge in [0.1, 0.15) is 5.03 Å². The van der Waals surface area contributed by atoms with Gasteiger partial charge in [0.15, 0.2) is 11.7 Å². The van der Waals surface area contributed by atoms with Gasteiger partial charge in [0.2, 0.25) is 9.84 Å². The van der Waals surface area contributed by atoms with E-state index in [-0.39, 0.29) is 41.9 Å². The van der Waals surface area contributed by atoms with Crippen molar-refractivity contribution in [2.45, 2.75) is 30.2 Å². The lowest BCUT2D eigenvalue weighted by Crippen LogP contribution is -2.40. The Labute approximate surface area is 228 Å². The van der Waals surface area contributed by atoms with Gasteiger partial charge in [0.25, 0.3) is 5.91 Å². The molecule has 0 saturated carbocycles. The monoisotopic (exact) mass is 556 g/mol. The molecule has 2 aromatic carbocycles. The van der Waals surface area contributed by atoms with Gasteiger partial charge in [0, 0.05) is 31.1 Å². The summed E-state index contributed by atoms with van der Waals surface area (Å²) in [4.78, 5) is 31.7. The van der Waals surface area contributed by atoms with Gasteiger partial charge >= 0.3 is 0 Å². The number of aliphatic imine (C=N–C) groups is 1. The van der Waals surface area contributed by atoms with Crippen LogP contribution in [-0.4, -0.2) is 69.9 Å². The van der Waals surface area contributed by atoms with Crippen molar-refractivity contribution >= 4 is 27.5 Å². The zero-order chi connectivity index (χ0) is 28.4. The summed E-state index contributed by atoms with van der Waals surface area (Å²) in [6, 6.07) is 13.8. The van der Waals surface area contributed by atoms with E-state index >= 15 is 0 Å². The first-order valence-electron chi connectivity index (χ1n) is 12.7. The predicted molar refractivity (Wildman–Crippen MR) is 149 cm³/mol. The molecule has 0 bridgehead atoms. The summed E-state index contributed by atoms with van der Waals surface area (Å²) in [5.74, 6) is -1.38. The molecule has 0 aliphatic carbocycles. The number of Topliss-reactive ketones (excluding diaryl/α,β-unsaturated/α-hetero) is 1. The smallest absolute Gasteiger partial charge is 0.254 e. The molecule has 1 heterocycles. The molecule has 0 spiro atoms. The van der Waals surface area contributed by atoms with Gasteiger partial charge in [-0.25, -0.2) is 8.42 Å². The first-order valence-corrected chi connectivity index (χ1v) is 14.2. The Balaban J connectivity index is 1.74. The molecular weight excluding hydrogens is 520 g/mol. The highest BCUT2D eigenvalue weighted by molar-refractivity contribution is 7.95.